The van der Waals surface area contributed by atoms with Crippen molar-refractivity contribution in [3.63, 3.8) is 0 Å². The van der Waals surface area contributed by atoms with Gasteiger partial charge in [-0.2, -0.15) is 0 Å². The van der Waals surface area contributed by atoms with Crippen LogP contribution in [0, 0.1) is 0 Å². The Kier molecular flexibility index (Phi) is 26.1. The summed E-state index contributed by atoms with van der Waals surface area (Å²) in [5.74, 6) is -2.61. The lowest BCUT2D eigenvalue weighted by molar-refractivity contribution is -0.159. The molecular weight excluding hydrogens is 799 g/mol. The number of hydrogen-bond donors (Lipinski definition) is 3. The molecule has 334 valence electrons. The number of furan rings is 4. The maximum atomic E-state index is 12.9. The first-order chi connectivity index (χ1) is 28.2. The van der Waals surface area contributed by atoms with Crippen LogP contribution in [-0.4, -0.2) is 63.9 Å². The third-order valence-electron chi connectivity index (χ3n) is 7.17. The molecule has 0 saturated carbocycles. The largest absolute Gasteiger partial charge is 0.460 e. The fraction of sp³-hybridized carbons (Fsp3) is 0.439. The highest BCUT2D eigenvalue weighted by Gasteiger charge is 2.31. The first kappa shape index (κ1) is 53.8. The van der Waals surface area contributed by atoms with Crippen LogP contribution in [0.4, 0.5) is 4.39 Å². The molecule has 0 aromatic carbocycles. The molecule has 4 aromatic rings. The molecule has 0 aliphatic heterocycles. The van der Waals surface area contributed by atoms with Crippen molar-refractivity contribution in [1.82, 2.24) is 0 Å². The SMILES string of the molecule is C.CCC(=O)OC(=O)CC.CCC(=O)OCc1ccc(C(=O)C(OC(=O)CC)c2ccc(COC(=O)CC)o2)o1.CF.O=C(c1ccc(CO)o1)C(O)c1ccc(CO)o1.[2HH]. The van der Waals surface area contributed by atoms with Crippen molar-refractivity contribution in [2.24, 2.45) is 0 Å². The topological polar surface area (TPSA) is 270 Å². The monoisotopic (exact) mass is 855 g/mol. The molecule has 4 aromatic heterocycles. The molecule has 0 spiro atoms. The van der Waals surface area contributed by atoms with E-state index in [9.17, 15) is 43.1 Å². The molecule has 3 N–H and O–H groups in total. The third kappa shape index (κ3) is 18.2. The van der Waals surface area contributed by atoms with Gasteiger partial charge in [0.05, 0.1) is 7.18 Å². The minimum absolute atomic E-state index is 0. The van der Waals surface area contributed by atoms with Crippen molar-refractivity contribution >= 4 is 41.4 Å². The summed E-state index contributed by atoms with van der Waals surface area (Å²) in [7, 11) is 0.500. The van der Waals surface area contributed by atoms with Gasteiger partial charge in [0.15, 0.2) is 23.4 Å². The molecule has 0 radical (unpaired) electrons. The van der Waals surface area contributed by atoms with Gasteiger partial charge in [0, 0.05) is 33.5 Å². The molecule has 0 bridgehead atoms. The Bertz CT molecular complexity index is 1920. The van der Waals surface area contributed by atoms with E-state index in [1.807, 2.05) is 0 Å². The van der Waals surface area contributed by atoms with Crippen LogP contribution in [0.25, 0.3) is 0 Å². The first-order valence-corrected chi connectivity index (χ1v) is 18.2. The van der Waals surface area contributed by atoms with E-state index in [0.29, 0.717) is 12.9 Å². The number of carbonyl (C=O) groups excluding carboxylic acids is 7. The maximum absolute atomic E-state index is 12.9. The Morgan fingerprint density at radius 2 is 0.933 bits per heavy atom. The molecule has 2 unspecified atom stereocenters. The Morgan fingerprint density at radius 1 is 0.550 bits per heavy atom. The molecule has 4 heterocycles. The number of carbonyl (C=O) groups is 7. The molecule has 60 heavy (non-hydrogen) atoms. The number of ketones is 2. The highest BCUT2D eigenvalue weighted by Crippen LogP contribution is 2.27. The molecule has 0 amide bonds. The summed E-state index contributed by atoms with van der Waals surface area (Å²) in [6.45, 7) is 7.35. The van der Waals surface area contributed by atoms with E-state index < -0.39 is 53.6 Å². The summed E-state index contributed by atoms with van der Waals surface area (Å²) in [5, 5.41) is 27.4. The summed E-state index contributed by atoms with van der Waals surface area (Å²) < 4.78 is 50.0. The van der Waals surface area contributed by atoms with Gasteiger partial charge in [0.2, 0.25) is 17.7 Å². The van der Waals surface area contributed by atoms with Gasteiger partial charge in [-0.15, -0.1) is 0 Å². The van der Waals surface area contributed by atoms with Gasteiger partial charge >= 0.3 is 29.8 Å². The normalized spacial score (nSPS) is 11.0. The standard InChI is InChI=1S/C21H24O9.C12H12O6.C6H10O3.CH3F.CH4.H2/c1-4-17(22)26-11-13-7-9-15(28-13)20(25)21(30-19(24)6-3)16-10-8-14(29-16)12-27-18(23)5-2;13-5-7-1-3-9(17-7)11(15)12(16)10-4-2-8(6-14)18-10;1-3-5(7)9-6(8)4-2;1-2;;/h7-10,21H,4-6,11-12H2,1-3H3;1-4,11,13-15H,5-6H2;3-4H2,1-2H3;1H3;1H4;1H/i;;;;;1+1. The van der Waals surface area contributed by atoms with Crippen molar-refractivity contribution in [3.8, 4) is 0 Å². The minimum atomic E-state index is -1.50. The van der Waals surface area contributed by atoms with Gasteiger partial charge < -0.3 is 51.9 Å². The van der Waals surface area contributed by atoms with Crippen molar-refractivity contribution in [1.29, 1.82) is 0 Å². The number of halogens is 1. The minimum Gasteiger partial charge on any atom is -0.460 e. The Hall–Kier alpha value is -6.18. The zero-order chi connectivity index (χ0) is 44.5. The Balaban J connectivity index is 0. The van der Waals surface area contributed by atoms with Crippen LogP contribution in [0.3, 0.4) is 0 Å². The smallest absolute Gasteiger partial charge is 0.313 e. The second-order valence-electron chi connectivity index (χ2n) is 11.4. The van der Waals surface area contributed by atoms with Crippen LogP contribution in [-0.2, 0) is 69.3 Å². The highest BCUT2D eigenvalue weighted by molar-refractivity contribution is 5.98. The third-order valence-corrected chi connectivity index (χ3v) is 7.17. The fourth-order valence-electron chi connectivity index (χ4n) is 4.05. The van der Waals surface area contributed by atoms with Gasteiger partial charge in [-0.1, -0.05) is 42.0 Å². The summed E-state index contributed by atoms with van der Waals surface area (Å²) in [6, 6.07) is 11.6. The molecule has 4 rings (SSSR count). The highest BCUT2D eigenvalue weighted by atomic mass is 19.1. The molecule has 0 aliphatic rings. The molecule has 0 saturated heterocycles. The number of aliphatic hydroxyl groups excluding tert-OH is 3. The van der Waals surface area contributed by atoms with Crippen LogP contribution in [0.2, 0.25) is 0 Å². The van der Waals surface area contributed by atoms with Crippen molar-refractivity contribution < 1.29 is 91.3 Å². The van der Waals surface area contributed by atoms with Gasteiger partial charge in [-0.25, -0.2) is 0 Å². The summed E-state index contributed by atoms with van der Waals surface area (Å²) in [6.07, 6.45) is -1.86. The fourth-order valence-corrected chi connectivity index (χ4v) is 4.05. The molecule has 2 atom stereocenters. The van der Waals surface area contributed by atoms with E-state index in [1.54, 1.807) is 34.6 Å². The Morgan fingerprint density at radius 3 is 1.40 bits per heavy atom. The predicted octanol–water partition coefficient (Wildman–Crippen LogP) is 6.77. The van der Waals surface area contributed by atoms with E-state index in [0.717, 1.165) is 0 Å². The molecular formula is C41H55FO18. The number of hydrogen-bond acceptors (Lipinski definition) is 18. The van der Waals surface area contributed by atoms with Gasteiger partial charge in [0.25, 0.3) is 0 Å². The molecule has 18 nitrogen and oxygen atoms in total. The quantitative estimate of drug-likeness (QED) is 0.0403. The average Bonchev–Trinajstić information content (AvgIpc) is 4.12. The van der Waals surface area contributed by atoms with Crippen molar-refractivity contribution in [3.05, 3.63) is 94.6 Å². The zero-order valence-electron chi connectivity index (χ0n) is 33.5. The predicted molar refractivity (Wildman–Crippen MR) is 207 cm³/mol. The summed E-state index contributed by atoms with van der Waals surface area (Å²) in [5.41, 5.74) is 0. The van der Waals surface area contributed by atoms with Gasteiger partial charge in [-0.3, -0.25) is 38.0 Å². The lowest BCUT2D eigenvalue weighted by Crippen LogP contribution is -2.19. The average molecular weight is 856 g/mol. The van der Waals surface area contributed by atoms with E-state index in [-0.39, 0.29) is 108 Å². The van der Waals surface area contributed by atoms with Crippen LogP contribution in [0.5, 0.6) is 0 Å². The maximum Gasteiger partial charge on any atom is 0.313 e. The molecule has 0 fully saturated rings. The van der Waals surface area contributed by atoms with E-state index >= 15 is 0 Å². The molecule has 0 aliphatic carbocycles. The number of esters is 5. The number of ether oxygens (including phenoxy) is 4. The lowest BCUT2D eigenvalue weighted by Gasteiger charge is -2.13. The van der Waals surface area contributed by atoms with Crippen molar-refractivity contribution in [2.45, 2.75) is 113 Å². The molecule has 19 heteroatoms. The van der Waals surface area contributed by atoms with Crippen LogP contribution < -0.4 is 0 Å². The number of Topliss-reactive ketones (excluding diaryl/α,β-unsaturated/α-hetero) is 2. The van der Waals surface area contributed by atoms with Crippen molar-refractivity contribution in [2.75, 3.05) is 7.18 Å². The van der Waals surface area contributed by atoms with Crippen LogP contribution >= 0.6 is 0 Å². The second kappa shape index (κ2) is 29.1. The lowest BCUT2D eigenvalue weighted by atomic mass is 10.1. The number of alkyl halides is 1. The van der Waals surface area contributed by atoms with Gasteiger partial charge in [-0.05, 0) is 48.5 Å². The number of aliphatic hydroxyl groups is 3. The van der Waals surface area contributed by atoms with Crippen LogP contribution in [0.15, 0.2) is 66.2 Å². The van der Waals surface area contributed by atoms with Crippen LogP contribution in [0.1, 0.15) is 143 Å². The van der Waals surface area contributed by atoms with E-state index in [4.69, 9.17) is 42.1 Å². The summed E-state index contributed by atoms with van der Waals surface area (Å²) >= 11 is 0. The Labute approximate surface area is 347 Å². The summed E-state index contributed by atoms with van der Waals surface area (Å²) in [4.78, 5) is 79.8. The first-order valence-electron chi connectivity index (χ1n) is 18.2. The second-order valence-corrected chi connectivity index (χ2v) is 11.4. The van der Waals surface area contributed by atoms with Gasteiger partial charge in [0.1, 0.15) is 55.2 Å². The van der Waals surface area contributed by atoms with E-state index in [1.165, 1.54) is 48.5 Å². The zero-order valence-corrected chi connectivity index (χ0v) is 33.5. The number of rotatable bonds is 18. The van der Waals surface area contributed by atoms with E-state index in [2.05, 4.69) is 4.74 Å².